The number of likely N-dealkylation sites (tertiary alicyclic amines) is 1. The van der Waals surface area contributed by atoms with Crippen LogP contribution in [0.1, 0.15) is 24.0 Å². The van der Waals surface area contributed by atoms with E-state index in [-0.39, 0.29) is 28.9 Å². The van der Waals surface area contributed by atoms with E-state index in [0.717, 1.165) is 18.7 Å². The Balaban J connectivity index is 0.00000220. The second kappa shape index (κ2) is 7.38. The molecule has 116 valence electrons. The van der Waals surface area contributed by atoms with Gasteiger partial charge >= 0.3 is 5.97 Å². The van der Waals surface area contributed by atoms with Gasteiger partial charge in [-0.2, -0.15) is 0 Å². The quantitative estimate of drug-likeness (QED) is 0.682. The number of nitrogens with zero attached hydrogens (tertiary/aromatic N) is 2. The summed E-state index contributed by atoms with van der Waals surface area (Å²) in [6, 6.07) is 5.10. The molecule has 1 aromatic rings. The first kappa shape index (κ1) is 17.4. The molecule has 1 aliphatic heterocycles. The Labute approximate surface area is 129 Å². The lowest BCUT2D eigenvalue weighted by molar-refractivity contribution is -0.385. The summed E-state index contributed by atoms with van der Waals surface area (Å²) in [7, 11) is 0. The van der Waals surface area contributed by atoms with E-state index in [1.807, 2.05) is 6.07 Å². The average molecular weight is 315 g/mol. The van der Waals surface area contributed by atoms with Gasteiger partial charge < -0.3 is 5.11 Å². The maximum absolute atomic E-state index is 10.9. The maximum Gasteiger partial charge on any atom is 0.306 e. The highest BCUT2D eigenvalue weighted by Gasteiger charge is 2.25. The molecule has 1 N–H and O–H groups in total. The number of halogens is 1. The maximum atomic E-state index is 10.9. The van der Waals surface area contributed by atoms with Crippen LogP contribution in [0.25, 0.3) is 0 Å². The van der Waals surface area contributed by atoms with E-state index in [1.165, 1.54) is 6.07 Å². The third-order valence-electron chi connectivity index (χ3n) is 3.94. The molecule has 0 amide bonds. The summed E-state index contributed by atoms with van der Waals surface area (Å²) in [5.74, 6) is -0.978. The number of aliphatic carboxylic acids is 1. The van der Waals surface area contributed by atoms with Crippen LogP contribution < -0.4 is 0 Å². The first-order chi connectivity index (χ1) is 9.49. The molecule has 2 rings (SSSR count). The van der Waals surface area contributed by atoms with Crippen molar-refractivity contribution in [2.24, 2.45) is 5.92 Å². The highest BCUT2D eigenvalue weighted by Crippen LogP contribution is 2.24. The van der Waals surface area contributed by atoms with E-state index >= 15 is 0 Å². The lowest BCUT2D eigenvalue weighted by Gasteiger charge is -2.30. The largest absolute Gasteiger partial charge is 0.481 e. The van der Waals surface area contributed by atoms with Crippen molar-refractivity contribution >= 4 is 24.1 Å². The summed E-state index contributed by atoms with van der Waals surface area (Å²) in [5.41, 5.74) is 1.77. The zero-order chi connectivity index (χ0) is 14.7. The third-order valence-corrected chi connectivity index (χ3v) is 3.94. The molecule has 1 fully saturated rings. The van der Waals surface area contributed by atoms with Crippen molar-refractivity contribution in [1.82, 2.24) is 4.90 Å². The van der Waals surface area contributed by atoms with Gasteiger partial charge in [0.25, 0.3) is 5.69 Å². The van der Waals surface area contributed by atoms with Gasteiger partial charge in [-0.1, -0.05) is 12.1 Å². The minimum Gasteiger partial charge on any atom is -0.481 e. The molecular weight excluding hydrogens is 296 g/mol. The van der Waals surface area contributed by atoms with E-state index < -0.39 is 5.97 Å². The van der Waals surface area contributed by atoms with Crippen LogP contribution in [0.3, 0.4) is 0 Å². The molecule has 7 heteroatoms. The zero-order valence-corrected chi connectivity index (χ0v) is 12.6. The number of nitro benzene ring substituents is 1. The van der Waals surface area contributed by atoms with E-state index in [2.05, 4.69) is 4.90 Å². The monoisotopic (exact) mass is 314 g/mol. The summed E-state index contributed by atoms with van der Waals surface area (Å²) >= 11 is 0. The number of rotatable bonds is 4. The molecule has 0 unspecified atom stereocenters. The van der Waals surface area contributed by atoms with Crippen LogP contribution in [0.5, 0.6) is 0 Å². The molecule has 0 radical (unpaired) electrons. The number of piperidine rings is 1. The van der Waals surface area contributed by atoms with Crippen molar-refractivity contribution in [1.29, 1.82) is 0 Å². The molecule has 0 bridgehead atoms. The summed E-state index contributed by atoms with van der Waals surface area (Å²) in [6.45, 7) is 3.84. The van der Waals surface area contributed by atoms with Crippen LogP contribution in [0.15, 0.2) is 18.2 Å². The Hall–Kier alpha value is -1.66. The molecule has 1 saturated heterocycles. The highest BCUT2D eigenvalue weighted by molar-refractivity contribution is 5.85. The predicted molar refractivity (Wildman–Crippen MR) is 80.7 cm³/mol. The fraction of sp³-hybridized carbons (Fsp3) is 0.500. The van der Waals surface area contributed by atoms with E-state index in [0.29, 0.717) is 24.9 Å². The average Bonchev–Trinajstić information content (AvgIpc) is 2.41. The van der Waals surface area contributed by atoms with Gasteiger partial charge in [0.1, 0.15) is 0 Å². The van der Waals surface area contributed by atoms with Crippen LogP contribution in [0.4, 0.5) is 5.69 Å². The molecule has 0 aliphatic carbocycles. The number of hydrogen-bond acceptors (Lipinski definition) is 4. The summed E-state index contributed by atoms with van der Waals surface area (Å²) in [6.07, 6.45) is 1.28. The van der Waals surface area contributed by atoms with E-state index in [9.17, 15) is 14.9 Å². The molecule has 21 heavy (non-hydrogen) atoms. The minimum atomic E-state index is -0.726. The Morgan fingerprint density at radius 1 is 1.43 bits per heavy atom. The van der Waals surface area contributed by atoms with Crippen LogP contribution >= 0.6 is 12.4 Å². The number of hydrogen-bond donors (Lipinski definition) is 1. The molecule has 1 aromatic carbocycles. The number of carboxylic acids is 1. The summed E-state index contributed by atoms with van der Waals surface area (Å²) < 4.78 is 0. The number of benzene rings is 1. The Morgan fingerprint density at radius 3 is 2.57 bits per heavy atom. The van der Waals surface area contributed by atoms with Crippen LogP contribution in [-0.2, 0) is 11.3 Å². The zero-order valence-electron chi connectivity index (χ0n) is 11.8. The molecule has 0 spiro atoms. The first-order valence-corrected chi connectivity index (χ1v) is 6.67. The van der Waals surface area contributed by atoms with Gasteiger partial charge in [-0.05, 0) is 38.4 Å². The van der Waals surface area contributed by atoms with Crippen molar-refractivity contribution in [2.75, 3.05) is 13.1 Å². The fourth-order valence-corrected chi connectivity index (χ4v) is 2.62. The van der Waals surface area contributed by atoms with Crippen molar-refractivity contribution in [2.45, 2.75) is 26.3 Å². The molecule has 1 aliphatic rings. The van der Waals surface area contributed by atoms with Gasteiger partial charge in [-0.3, -0.25) is 19.8 Å². The molecular formula is C14H19ClN2O4. The third kappa shape index (κ3) is 4.15. The van der Waals surface area contributed by atoms with Crippen LogP contribution in [0, 0.1) is 23.0 Å². The van der Waals surface area contributed by atoms with E-state index in [1.54, 1.807) is 13.0 Å². The van der Waals surface area contributed by atoms with Gasteiger partial charge in [0.2, 0.25) is 0 Å². The number of carboxylic acid groups (broad SMARTS) is 1. The van der Waals surface area contributed by atoms with Gasteiger partial charge in [0.15, 0.2) is 0 Å². The minimum absolute atomic E-state index is 0. The molecule has 6 nitrogen and oxygen atoms in total. The van der Waals surface area contributed by atoms with Crippen molar-refractivity contribution in [3.05, 3.63) is 39.4 Å². The van der Waals surface area contributed by atoms with Crippen molar-refractivity contribution in [3.63, 3.8) is 0 Å². The second-order valence-corrected chi connectivity index (χ2v) is 5.21. The highest BCUT2D eigenvalue weighted by atomic mass is 35.5. The fourth-order valence-electron chi connectivity index (χ4n) is 2.62. The standard InChI is InChI=1S/C14H18N2O4.ClH/c1-10-12(3-2-4-13(10)16(19)20)9-15-7-5-11(6-8-15)14(17)18;/h2-4,11H,5-9H2,1H3,(H,17,18);1H. The van der Waals surface area contributed by atoms with Gasteiger partial charge in [0.05, 0.1) is 10.8 Å². The lowest BCUT2D eigenvalue weighted by atomic mass is 9.96. The Morgan fingerprint density at radius 2 is 2.05 bits per heavy atom. The summed E-state index contributed by atoms with van der Waals surface area (Å²) in [5, 5.41) is 19.9. The number of nitro groups is 1. The topological polar surface area (TPSA) is 83.7 Å². The molecule has 0 aromatic heterocycles. The van der Waals surface area contributed by atoms with Gasteiger partial charge in [0, 0.05) is 18.2 Å². The van der Waals surface area contributed by atoms with Gasteiger partial charge in [-0.25, -0.2) is 0 Å². The van der Waals surface area contributed by atoms with Gasteiger partial charge in [-0.15, -0.1) is 12.4 Å². The SMILES string of the molecule is Cc1c(CN2CCC(C(=O)O)CC2)cccc1[N+](=O)[O-].Cl. The van der Waals surface area contributed by atoms with Crippen LogP contribution in [0.2, 0.25) is 0 Å². The second-order valence-electron chi connectivity index (χ2n) is 5.21. The first-order valence-electron chi connectivity index (χ1n) is 6.67. The predicted octanol–water partition coefficient (Wildman–Crippen LogP) is 2.62. The lowest BCUT2D eigenvalue weighted by Crippen LogP contribution is -2.36. The Bertz CT molecular complexity index is 528. The van der Waals surface area contributed by atoms with Crippen LogP contribution in [-0.4, -0.2) is 34.0 Å². The molecule has 0 saturated carbocycles. The summed E-state index contributed by atoms with van der Waals surface area (Å²) in [4.78, 5) is 23.6. The van der Waals surface area contributed by atoms with Crippen molar-refractivity contribution < 1.29 is 14.8 Å². The smallest absolute Gasteiger partial charge is 0.306 e. The van der Waals surface area contributed by atoms with Crippen molar-refractivity contribution in [3.8, 4) is 0 Å². The normalized spacial score (nSPS) is 16.2. The Kier molecular flexibility index (Phi) is 6.11. The number of carbonyl (C=O) groups is 1. The molecule has 0 atom stereocenters. The van der Waals surface area contributed by atoms with E-state index in [4.69, 9.17) is 5.11 Å². The molecule has 1 heterocycles.